The highest BCUT2D eigenvalue weighted by Gasteiger charge is 2.47. The second-order valence-electron chi connectivity index (χ2n) is 8.90. The first-order valence-corrected chi connectivity index (χ1v) is 12.0. The number of aromatic nitrogens is 5. The zero-order valence-corrected chi connectivity index (χ0v) is 18.6. The number of nitrogens with zero attached hydrogens (tertiary/aromatic N) is 4. The van der Waals surface area contributed by atoms with E-state index in [9.17, 15) is 14.3 Å². The number of hydrogen-bond acceptors (Lipinski definition) is 7. The molecule has 3 N–H and O–H groups in total. The molecule has 11 heteroatoms. The Labute approximate surface area is 196 Å². The molecule has 4 aromatic heterocycles. The second-order valence-corrected chi connectivity index (χ2v) is 9.68. The van der Waals surface area contributed by atoms with E-state index in [2.05, 4.69) is 30.5 Å². The summed E-state index contributed by atoms with van der Waals surface area (Å²) in [7, 11) is 0. The fraction of sp³-hybridized carbons (Fsp3) is 0.348. The highest BCUT2D eigenvalue weighted by atomic mass is 32.1. The Balaban J connectivity index is 1.49. The summed E-state index contributed by atoms with van der Waals surface area (Å²) < 4.78 is 29.6. The van der Waals surface area contributed by atoms with E-state index in [0.717, 1.165) is 31.9 Å². The minimum atomic E-state index is -0.875. The Hall–Kier alpha value is -3.47. The van der Waals surface area contributed by atoms with Gasteiger partial charge in [0, 0.05) is 17.0 Å². The van der Waals surface area contributed by atoms with Gasteiger partial charge in [-0.15, -0.1) is 0 Å². The normalized spacial score (nSPS) is 23.9. The molecule has 0 saturated heterocycles. The van der Waals surface area contributed by atoms with Gasteiger partial charge in [-0.05, 0) is 55.0 Å². The fourth-order valence-electron chi connectivity index (χ4n) is 5.46. The van der Waals surface area contributed by atoms with Crippen LogP contribution < -0.4 is 5.32 Å². The number of aliphatic carboxylic acids is 1. The number of carboxylic acids is 1. The smallest absolute Gasteiger partial charge is 0.308 e. The summed E-state index contributed by atoms with van der Waals surface area (Å²) in [5, 5.41) is 23.9. The van der Waals surface area contributed by atoms with Crippen molar-refractivity contribution in [2.45, 2.75) is 31.7 Å². The van der Waals surface area contributed by atoms with Crippen LogP contribution in [0.3, 0.4) is 0 Å². The Morgan fingerprint density at radius 2 is 1.94 bits per heavy atom. The molecule has 3 aliphatic rings. The number of pyridine rings is 1. The second kappa shape index (κ2) is 8.08. The van der Waals surface area contributed by atoms with Gasteiger partial charge in [-0.1, -0.05) is 0 Å². The molecule has 34 heavy (non-hydrogen) atoms. The van der Waals surface area contributed by atoms with Gasteiger partial charge in [0.15, 0.2) is 23.1 Å². The van der Waals surface area contributed by atoms with E-state index >= 15 is 4.39 Å². The van der Waals surface area contributed by atoms with Crippen LogP contribution in [0.5, 0.6) is 0 Å². The quantitative estimate of drug-likeness (QED) is 0.377. The molecule has 8 nitrogen and oxygen atoms in total. The Bertz CT molecular complexity index is 1380. The molecular formula is C23H20F2N6O2S. The Morgan fingerprint density at radius 1 is 1.15 bits per heavy atom. The molecular weight excluding hydrogens is 462 g/mol. The number of nitrogens with one attached hydrogen (secondary N) is 2. The molecule has 0 unspecified atom stereocenters. The molecule has 174 valence electrons. The van der Waals surface area contributed by atoms with E-state index in [0.29, 0.717) is 16.6 Å². The lowest BCUT2D eigenvalue weighted by molar-refractivity contribution is -0.148. The first kappa shape index (κ1) is 21.1. The first-order chi connectivity index (χ1) is 16.5. The van der Waals surface area contributed by atoms with Crippen LogP contribution in [0.15, 0.2) is 29.1 Å². The van der Waals surface area contributed by atoms with Crippen LogP contribution in [0.25, 0.3) is 33.8 Å². The largest absolute Gasteiger partial charge is 0.481 e. The van der Waals surface area contributed by atoms with Crippen LogP contribution in [0.1, 0.15) is 25.7 Å². The number of rotatable bonds is 5. The van der Waals surface area contributed by atoms with Gasteiger partial charge in [-0.25, -0.2) is 23.7 Å². The van der Waals surface area contributed by atoms with Gasteiger partial charge >= 0.3 is 5.97 Å². The molecule has 4 heterocycles. The lowest BCUT2D eigenvalue weighted by atomic mass is 9.61. The maximum absolute atomic E-state index is 15.7. The summed E-state index contributed by atoms with van der Waals surface area (Å²) in [6.07, 6.45) is 4.62. The van der Waals surface area contributed by atoms with Gasteiger partial charge in [-0.3, -0.25) is 9.89 Å². The number of carbonyl (C=O) groups is 1. The van der Waals surface area contributed by atoms with Crippen molar-refractivity contribution in [2.24, 2.45) is 17.8 Å². The average Bonchev–Trinajstić information content (AvgIpc) is 3.51. The predicted molar refractivity (Wildman–Crippen MR) is 122 cm³/mol. The summed E-state index contributed by atoms with van der Waals surface area (Å²) in [6.45, 7) is 0. The van der Waals surface area contributed by atoms with Crippen molar-refractivity contribution in [1.29, 1.82) is 0 Å². The summed E-state index contributed by atoms with van der Waals surface area (Å²) in [5.41, 5.74) is 1.23. The molecule has 2 bridgehead atoms. The van der Waals surface area contributed by atoms with Crippen LogP contribution in [0.2, 0.25) is 0 Å². The van der Waals surface area contributed by atoms with Crippen molar-refractivity contribution >= 4 is 34.2 Å². The molecule has 7 rings (SSSR count). The van der Waals surface area contributed by atoms with Crippen LogP contribution >= 0.6 is 11.3 Å². The number of aromatic amines is 1. The Kier molecular flexibility index (Phi) is 5.01. The van der Waals surface area contributed by atoms with Crippen molar-refractivity contribution in [3.05, 3.63) is 40.7 Å². The van der Waals surface area contributed by atoms with Crippen LogP contribution in [0, 0.1) is 29.4 Å². The third-order valence-electron chi connectivity index (χ3n) is 7.05. The van der Waals surface area contributed by atoms with E-state index in [1.54, 1.807) is 11.4 Å². The molecule has 0 spiro atoms. The molecule has 3 aliphatic carbocycles. The molecule has 3 saturated carbocycles. The van der Waals surface area contributed by atoms with E-state index < -0.39 is 29.6 Å². The summed E-state index contributed by atoms with van der Waals surface area (Å²) in [5.74, 6) is -2.48. The zero-order chi connectivity index (χ0) is 23.4. The van der Waals surface area contributed by atoms with Gasteiger partial charge in [0.25, 0.3) is 0 Å². The molecule has 4 aromatic rings. The Morgan fingerprint density at radius 3 is 2.68 bits per heavy atom. The molecule has 0 aromatic carbocycles. The molecule has 0 aliphatic heterocycles. The summed E-state index contributed by atoms with van der Waals surface area (Å²) in [6, 6.07) is 2.58. The van der Waals surface area contributed by atoms with Crippen LogP contribution in [-0.2, 0) is 4.79 Å². The SMILES string of the molecule is O=C(O)[C@H]1C2CCC(CC2)[C@@H]1Nc1nc(-c2n[nH]c3ncc(F)cc23)nc(-c2ccsc2)c1F. The van der Waals surface area contributed by atoms with E-state index in [4.69, 9.17) is 0 Å². The first-order valence-electron chi connectivity index (χ1n) is 11.1. The van der Waals surface area contributed by atoms with Crippen molar-refractivity contribution in [3.63, 3.8) is 0 Å². The zero-order valence-electron chi connectivity index (χ0n) is 17.8. The number of H-pyrrole nitrogens is 1. The standard InChI is InChI=1S/C23H20F2N6O2S/c24-13-7-14-19(30-31-20(14)26-8-13)22-28-18(12-5-6-34-9-12)16(25)21(29-22)27-17-11-3-1-10(2-4-11)15(17)23(32)33/h5-11,15,17H,1-4H2,(H,32,33)(H,26,30,31)(H,27,28,29)/t10?,11?,15-,17-/m0/s1. The van der Waals surface area contributed by atoms with Crippen molar-refractivity contribution in [2.75, 3.05) is 5.32 Å². The summed E-state index contributed by atoms with van der Waals surface area (Å²) >= 11 is 1.40. The predicted octanol–water partition coefficient (Wildman–Crippen LogP) is 4.72. The van der Waals surface area contributed by atoms with Gasteiger partial charge in [0.05, 0.1) is 17.5 Å². The van der Waals surface area contributed by atoms with Crippen molar-refractivity contribution in [3.8, 4) is 22.8 Å². The topological polar surface area (TPSA) is 117 Å². The third kappa shape index (κ3) is 3.42. The molecule has 3 fully saturated rings. The van der Waals surface area contributed by atoms with Crippen molar-refractivity contribution in [1.82, 2.24) is 25.1 Å². The third-order valence-corrected chi connectivity index (χ3v) is 7.73. The number of thiophene rings is 1. The number of carboxylic acid groups (broad SMARTS) is 1. The van der Waals surface area contributed by atoms with Gasteiger partial charge in [-0.2, -0.15) is 16.4 Å². The highest BCUT2D eigenvalue weighted by Crippen LogP contribution is 2.46. The number of anilines is 1. The highest BCUT2D eigenvalue weighted by molar-refractivity contribution is 7.08. The number of hydrogen-bond donors (Lipinski definition) is 3. The number of halogens is 2. The van der Waals surface area contributed by atoms with E-state index in [-0.39, 0.29) is 34.9 Å². The van der Waals surface area contributed by atoms with Gasteiger partial charge in [0.2, 0.25) is 0 Å². The average molecular weight is 483 g/mol. The molecule has 0 amide bonds. The van der Waals surface area contributed by atoms with Crippen molar-refractivity contribution < 1.29 is 18.7 Å². The lowest BCUT2D eigenvalue weighted by Gasteiger charge is -2.47. The molecule has 0 radical (unpaired) electrons. The van der Waals surface area contributed by atoms with Gasteiger partial charge < -0.3 is 10.4 Å². The molecule has 2 atom stereocenters. The number of fused-ring (bicyclic) bond motifs is 4. The van der Waals surface area contributed by atoms with Gasteiger partial charge in [0.1, 0.15) is 17.2 Å². The minimum absolute atomic E-state index is 0.0602. The minimum Gasteiger partial charge on any atom is -0.481 e. The maximum Gasteiger partial charge on any atom is 0.308 e. The van der Waals surface area contributed by atoms with E-state index in [1.165, 1.54) is 17.4 Å². The maximum atomic E-state index is 15.7. The van der Waals surface area contributed by atoms with E-state index in [1.807, 2.05) is 5.38 Å². The van der Waals surface area contributed by atoms with Crippen LogP contribution in [0.4, 0.5) is 14.6 Å². The monoisotopic (exact) mass is 482 g/mol. The summed E-state index contributed by atoms with van der Waals surface area (Å²) in [4.78, 5) is 24.9. The lowest BCUT2D eigenvalue weighted by Crippen LogP contribution is -2.51. The van der Waals surface area contributed by atoms with Crippen LogP contribution in [-0.4, -0.2) is 42.3 Å². The fourth-order valence-corrected chi connectivity index (χ4v) is 6.10.